The van der Waals surface area contributed by atoms with Gasteiger partial charge in [-0.3, -0.25) is 4.79 Å². The van der Waals surface area contributed by atoms with E-state index < -0.39 is 16.8 Å². The second kappa shape index (κ2) is 6.83. The zero-order valence-electron chi connectivity index (χ0n) is 15.7. The van der Waals surface area contributed by atoms with Crippen LogP contribution in [0.2, 0.25) is 0 Å². The second-order valence-corrected chi connectivity index (χ2v) is 6.98. The molecular weight excluding hydrogens is 346 g/mol. The fraction of sp³-hybridized carbons (Fsp3) is 0.300. The van der Waals surface area contributed by atoms with Crippen LogP contribution < -0.4 is 9.64 Å². The molecule has 140 valence electrons. The number of ketones is 1. The number of carbonyl (C=O) groups is 1. The molecule has 0 saturated heterocycles. The number of likely N-dealkylation sites (N-methyl/N-ethyl adjacent to an activating group) is 1. The summed E-state index contributed by atoms with van der Waals surface area (Å²) in [6.07, 6.45) is 1.99. The number of benzene rings is 1. The maximum atomic E-state index is 12.8. The summed E-state index contributed by atoms with van der Waals surface area (Å²) in [7, 11) is 1.92. The summed E-state index contributed by atoms with van der Waals surface area (Å²) in [5, 5.41) is 11.1. The lowest BCUT2D eigenvalue weighted by atomic mass is 9.83. The average molecular weight is 367 g/mol. The van der Waals surface area contributed by atoms with Gasteiger partial charge in [-0.25, -0.2) is 0 Å². The first-order chi connectivity index (χ1) is 12.7. The molecule has 0 aliphatic carbocycles. The highest BCUT2D eigenvalue weighted by Gasteiger charge is 2.39. The quantitative estimate of drug-likeness (QED) is 0.456. The zero-order chi connectivity index (χ0) is 19.8. The van der Waals surface area contributed by atoms with E-state index >= 15 is 0 Å². The van der Waals surface area contributed by atoms with Crippen LogP contribution in [0.15, 0.2) is 54.4 Å². The minimum absolute atomic E-state index is 0.0240. The van der Waals surface area contributed by atoms with Crippen molar-refractivity contribution in [3.63, 3.8) is 0 Å². The van der Waals surface area contributed by atoms with Gasteiger partial charge in [-0.15, -0.1) is 0 Å². The minimum atomic E-state index is -0.881. The van der Waals surface area contributed by atoms with Crippen LogP contribution in [0.25, 0.3) is 0 Å². The van der Waals surface area contributed by atoms with Crippen LogP contribution in [-0.2, 0) is 10.2 Å². The summed E-state index contributed by atoms with van der Waals surface area (Å²) >= 11 is 0. The smallest absolute Gasteiger partial charge is 0.406 e. The SMILES string of the molecule is CC(Oc1cccnc1[N+](=O)[O-])C(=O)/C=C1/N(C)c2ccccc2C1(C)C. The first-order valence-electron chi connectivity index (χ1n) is 8.59. The number of nitrogens with zero attached hydrogens (tertiary/aromatic N) is 3. The highest BCUT2D eigenvalue weighted by Crippen LogP contribution is 2.46. The van der Waals surface area contributed by atoms with Crippen LogP contribution >= 0.6 is 0 Å². The number of ether oxygens (including phenoxy) is 1. The van der Waals surface area contributed by atoms with Crippen LogP contribution in [0.5, 0.6) is 5.75 Å². The van der Waals surface area contributed by atoms with Crippen molar-refractivity contribution in [1.29, 1.82) is 0 Å². The number of fused-ring (bicyclic) bond motifs is 1. The van der Waals surface area contributed by atoms with E-state index in [1.165, 1.54) is 18.3 Å². The Morgan fingerprint density at radius 3 is 2.67 bits per heavy atom. The molecule has 0 spiro atoms. The Kier molecular flexibility index (Phi) is 4.70. The van der Waals surface area contributed by atoms with Crippen LogP contribution in [0.1, 0.15) is 26.3 Å². The summed E-state index contributed by atoms with van der Waals surface area (Å²) in [6, 6.07) is 11.0. The monoisotopic (exact) mass is 367 g/mol. The van der Waals surface area contributed by atoms with Gasteiger partial charge >= 0.3 is 5.82 Å². The van der Waals surface area contributed by atoms with E-state index in [0.29, 0.717) is 0 Å². The number of nitro groups is 1. The van der Waals surface area contributed by atoms with Crippen molar-refractivity contribution < 1.29 is 14.5 Å². The fourth-order valence-corrected chi connectivity index (χ4v) is 3.37. The van der Waals surface area contributed by atoms with Crippen LogP contribution in [0.3, 0.4) is 0 Å². The van der Waals surface area contributed by atoms with Gasteiger partial charge in [0.15, 0.2) is 11.9 Å². The van der Waals surface area contributed by atoms with E-state index in [2.05, 4.69) is 24.9 Å². The summed E-state index contributed by atoms with van der Waals surface area (Å²) < 4.78 is 5.54. The Labute approximate surface area is 157 Å². The Morgan fingerprint density at radius 1 is 1.30 bits per heavy atom. The highest BCUT2D eigenvalue weighted by molar-refractivity contribution is 5.95. The second-order valence-electron chi connectivity index (χ2n) is 6.98. The Hall–Kier alpha value is -3.22. The number of carbonyl (C=O) groups excluding carboxylic acids is 1. The lowest BCUT2D eigenvalue weighted by Crippen LogP contribution is -2.28. The molecule has 0 bridgehead atoms. The van der Waals surface area contributed by atoms with Gasteiger partial charge in [-0.05, 0) is 40.6 Å². The largest absolute Gasteiger partial charge is 0.474 e. The number of anilines is 1. The number of hydrogen-bond donors (Lipinski definition) is 0. The number of allylic oxidation sites excluding steroid dienone is 1. The van der Waals surface area contributed by atoms with Crippen molar-refractivity contribution in [3.8, 4) is 5.75 Å². The predicted molar refractivity (Wildman–Crippen MR) is 102 cm³/mol. The van der Waals surface area contributed by atoms with E-state index in [1.807, 2.05) is 30.1 Å². The van der Waals surface area contributed by atoms with Crippen LogP contribution in [-0.4, -0.2) is 28.8 Å². The van der Waals surface area contributed by atoms with Crippen molar-refractivity contribution in [1.82, 2.24) is 4.98 Å². The molecule has 2 heterocycles. The lowest BCUT2D eigenvalue weighted by molar-refractivity contribution is -0.390. The molecule has 0 amide bonds. The van der Waals surface area contributed by atoms with E-state index in [1.54, 1.807) is 13.0 Å². The van der Waals surface area contributed by atoms with Gasteiger partial charge in [0.05, 0.1) is 0 Å². The van der Waals surface area contributed by atoms with Gasteiger partial charge in [-0.1, -0.05) is 32.0 Å². The lowest BCUT2D eigenvalue weighted by Gasteiger charge is -2.24. The molecule has 1 aliphatic heterocycles. The molecule has 1 atom stereocenters. The third kappa shape index (κ3) is 3.28. The Morgan fingerprint density at radius 2 is 2.00 bits per heavy atom. The van der Waals surface area contributed by atoms with Crippen molar-refractivity contribution in [2.45, 2.75) is 32.3 Å². The van der Waals surface area contributed by atoms with Gasteiger partial charge in [0.1, 0.15) is 6.20 Å². The number of aromatic nitrogens is 1. The molecule has 0 saturated carbocycles. The van der Waals surface area contributed by atoms with E-state index in [4.69, 9.17) is 4.74 Å². The normalized spacial score (nSPS) is 17.5. The molecule has 1 aromatic carbocycles. The average Bonchev–Trinajstić information content (AvgIpc) is 2.83. The molecule has 0 fully saturated rings. The molecule has 1 unspecified atom stereocenters. The highest BCUT2D eigenvalue weighted by atomic mass is 16.6. The maximum Gasteiger partial charge on any atom is 0.406 e. The Bertz CT molecular complexity index is 936. The molecular formula is C20H21N3O4. The van der Waals surface area contributed by atoms with E-state index in [-0.39, 0.29) is 16.9 Å². The third-order valence-electron chi connectivity index (χ3n) is 4.85. The molecule has 7 heteroatoms. The summed E-state index contributed by atoms with van der Waals surface area (Å²) in [4.78, 5) is 28.9. The van der Waals surface area contributed by atoms with E-state index in [0.717, 1.165) is 16.9 Å². The topological polar surface area (TPSA) is 85.6 Å². The first-order valence-corrected chi connectivity index (χ1v) is 8.59. The fourth-order valence-electron chi connectivity index (χ4n) is 3.37. The molecule has 1 aliphatic rings. The zero-order valence-corrected chi connectivity index (χ0v) is 15.7. The Balaban J connectivity index is 1.86. The number of pyridine rings is 1. The van der Waals surface area contributed by atoms with Crippen molar-refractivity contribution in [2.75, 3.05) is 11.9 Å². The van der Waals surface area contributed by atoms with Crippen molar-refractivity contribution in [2.24, 2.45) is 0 Å². The van der Waals surface area contributed by atoms with Gasteiger partial charge in [0.2, 0.25) is 5.75 Å². The van der Waals surface area contributed by atoms with Gasteiger partial charge < -0.3 is 19.8 Å². The molecule has 2 aromatic rings. The third-order valence-corrected chi connectivity index (χ3v) is 4.85. The van der Waals surface area contributed by atoms with Gasteiger partial charge in [0, 0.05) is 29.9 Å². The summed E-state index contributed by atoms with van der Waals surface area (Å²) in [5.41, 5.74) is 2.71. The molecule has 0 radical (unpaired) electrons. The van der Waals surface area contributed by atoms with Crippen LogP contribution in [0.4, 0.5) is 11.5 Å². The standard InChI is InChI=1S/C20H21N3O4/c1-13(27-17-10-7-11-21-19(17)23(25)26)16(24)12-18-20(2,3)14-8-5-6-9-15(14)22(18)4/h5-13H,1-4H3/b18-12+. The van der Waals surface area contributed by atoms with Crippen LogP contribution in [0, 0.1) is 10.1 Å². The van der Waals surface area contributed by atoms with Gasteiger partial charge in [-0.2, -0.15) is 0 Å². The predicted octanol–water partition coefficient (Wildman–Crippen LogP) is 3.64. The summed E-state index contributed by atoms with van der Waals surface area (Å²) in [5.74, 6) is -0.699. The van der Waals surface area contributed by atoms with Crippen molar-refractivity contribution >= 4 is 17.3 Å². The number of para-hydroxylation sites is 1. The minimum Gasteiger partial charge on any atom is -0.474 e. The molecule has 27 heavy (non-hydrogen) atoms. The van der Waals surface area contributed by atoms with Gasteiger partial charge in [0.25, 0.3) is 0 Å². The molecule has 3 rings (SSSR count). The van der Waals surface area contributed by atoms with Crippen molar-refractivity contribution in [3.05, 3.63) is 70.0 Å². The maximum absolute atomic E-state index is 12.8. The number of rotatable bonds is 5. The molecule has 7 nitrogen and oxygen atoms in total. The van der Waals surface area contributed by atoms with E-state index in [9.17, 15) is 14.9 Å². The number of hydrogen-bond acceptors (Lipinski definition) is 6. The first kappa shape index (κ1) is 18.6. The molecule has 1 aromatic heterocycles. The summed E-state index contributed by atoms with van der Waals surface area (Å²) in [6.45, 7) is 5.70. The molecule has 0 N–H and O–H groups in total.